The number of rotatable bonds is 3. The van der Waals surface area contributed by atoms with Crippen molar-refractivity contribution in [3.8, 4) is 11.5 Å². The summed E-state index contributed by atoms with van der Waals surface area (Å²) in [5.41, 5.74) is 2.56. The fourth-order valence-corrected chi connectivity index (χ4v) is 3.50. The van der Waals surface area contributed by atoms with Crippen molar-refractivity contribution in [2.45, 2.75) is 19.4 Å². The molecule has 4 nitrogen and oxygen atoms in total. The third kappa shape index (κ3) is 2.70. The van der Waals surface area contributed by atoms with Crippen LogP contribution in [-0.2, 0) is 6.42 Å². The molecular weight excluding hydrogens is 358 g/mol. The molecule has 0 bridgehead atoms. The smallest absolute Gasteiger partial charge is 0.266 e. The summed E-state index contributed by atoms with van der Waals surface area (Å²) in [6.07, 6.45) is 0.831. The molecule has 0 saturated heterocycles. The van der Waals surface area contributed by atoms with Gasteiger partial charge in [-0.05, 0) is 49.2 Å². The number of carbonyl (C=O) groups is 1. The van der Waals surface area contributed by atoms with Gasteiger partial charge in [0.15, 0.2) is 0 Å². The van der Waals surface area contributed by atoms with Gasteiger partial charge in [0.1, 0.15) is 17.1 Å². The van der Waals surface area contributed by atoms with Crippen molar-refractivity contribution in [3.63, 3.8) is 0 Å². The summed E-state index contributed by atoms with van der Waals surface area (Å²) in [6.45, 7) is 2.05. The highest BCUT2D eigenvalue weighted by Crippen LogP contribution is 2.38. The average Bonchev–Trinajstić information content (AvgIpc) is 2.88. The van der Waals surface area contributed by atoms with E-state index in [2.05, 4.69) is 22.0 Å². The molecule has 1 atom stereocenters. The summed E-state index contributed by atoms with van der Waals surface area (Å²) in [4.78, 5) is 15.0. The maximum absolute atomic E-state index is 13.2. The molecule has 1 aliphatic heterocycles. The number of hydrogen-bond acceptors (Lipinski definition) is 3. The number of fused-ring (bicyclic) bond motifs is 1. The molecule has 0 spiro atoms. The number of hydrogen-bond donors (Lipinski definition) is 0. The second kappa shape index (κ2) is 6.24. The van der Waals surface area contributed by atoms with Crippen molar-refractivity contribution in [2.75, 3.05) is 19.1 Å². The number of ether oxygens (including phenoxy) is 2. The summed E-state index contributed by atoms with van der Waals surface area (Å²) in [5.74, 6) is 0.937. The molecule has 1 heterocycles. The van der Waals surface area contributed by atoms with Crippen LogP contribution in [0.4, 0.5) is 5.69 Å². The second-order valence-electron chi connectivity index (χ2n) is 5.54. The molecule has 0 saturated carbocycles. The SMILES string of the molecule is COc1cccc(OC)c1C(=O)N1c2ccc(Br)cc2CC1C. The van der Waals surface area contributed by atoms with Crippen LogP contribution in [0.15, 0.2) is 40.9 Å². The van der Waals surface area contributed by atoms with Gasteiger partial charge in [0.25, 0.3) is 5.91 Å². The molecule has 0 fully saturated rings. The lowest BCUT2D eigenvalue weighted by Gasteiger charge is -2.24. The van der Waals surface area contributed by atoms with Gasteiger partial charge in [0.05, 0.1) is 14.2 Å². The van der Waals surface area contributed by atoms with E-state index in [9.17, 15) is 4.79 Å². The van der Waals surface area contributed by atoms with Crippen LogP contribution in [0, 0.1) is 0 Å². The quantitative estimate of drug-likeness (QED) is 0.811. The van der Waals surface area contributed by atoms with Crippen molar-refractivity contribution in [1.82, 2.24) is 0 Å². The molecule has 1 unspecified atom stereocenters. The Morgan fingerprint density at radius 1 is 1.17 bits per heavy atom. The number of methoxy groups -OCH3 is 2. The van der Waals surface area contributed by atoms with Crippen LogP contribution < -0.4 is 14.4 Å². The Kier molecular flexibility index (Phi) is 4.31. The predicted octanol–water partition coefficient (Wildman–Crippen LogP) is 4.06. The van der Waals surface area contributed by atoms with E-state index in [1.807, 2.05) is 30.0 Å². The van der Waals surface area contributed by atoms with Crippen LogP contribution in [0.25, 0.3) is 0 Å². The fourth-order valence-electron chi connectivity index (χ4n) is 3.09. The Morgan fingerprint density at radius 3 is 2.43 bits per heavy atom. The van der Waals surface area contributed by atoms with Crippen LogP contribution in [0.3, 0.4) is 0 Å². The lowest BCUT2D eigenvalue weighted by Crippen LogP contribution is -2.36. The van der Waals surface area contributed by atoms with Gasteiger partial charge >= 0.3 is 0 Å². The van der Waals surface area contributed by atoms with Gasteiger partial charge in [-0.3, -0.25) is 4.79 Å². The topological polar surface area (TPSA) is 38.8 Å². The van der Waals surface area contributed by atoms with E-state index in [-0.39, 0.29) is 11.9 Å². The number of nitrogens with zero attached hydrogens (tertiary/aromatic N) is 1. The van der Waals surface area contributed by atoms with Gasteiger partial charge in [-0.1, -0.05) is 22.0 Å². The van der Waals surface area contributed by atoms with Crippen LogP contribution in [0.1, 0.15) is 22.8 Å². The van der Waals surface area contributed by atoms with Crippen molar-refractivity contribution in [1.29, 1.82) is 0 Å². The van der Waals surface area contributed by atoms with Crippen LogP contribution >= 0.6 is 15.9 Å². The largest absolute Gasteiger partial charge is 0.496 e. The number of carbonyl (C=O) groups excluding carboxylic acids is 1. The molecule has 0 aromatic heterocycles. The molecule has 2 aromatic rings. The Balaban J connectivity index is 2.09. The summed E-state index contributed by atoms with van der Waals surface area (Å²) in [6, 6.07) is 11.4. The zero-order valence-electron chi connectivity index (χ0n) is 13.3. The monoisotopic (exact) mass is 375 g/mol. The van der Waals surface area contributed by atoms with Crippen molar-refractivity contribution < 1.29 is 14.3 Å². The standard InChI is InChI=1S/C18H18BrNO3/c1-11-9-12-10-13(19)7-8-14(12)20(11)18(21)17-15(22-2)5-4-6-16(17)23-3/h4-8,10-11H,9H2,1-3H3. The third-order valence-corrected chi connectivity index (χ3v) is 4.61. The highest BCUT2D eigenvalue weighted by molar-refractivity contribution is 9.10. The first-order valence-corrected chi connectivity index (χ1v) is 8.19. The molecule has 0 N–H and O–H groups in total. The molecule has 0 radical (unpaired) electrons. The molecule has 23 heavy (non-hydrogen) atoms. The number of anilines is 1. The lowest BCUT2D eigenvalue weighted by molar-refractivity contribution is 0.0975. The molecule has 120 valence electrons. The van der Waals surface area contributed by atoms with Crippen molar-refractivity contribution in [2.24, 2.45) is 0 Å². The molecule has 0 aliphatic carbocycles. The van der Waals surface area contributed by atoms with E-state index in [1.54, 1.807) is 26.4 Å². The Labute approximate surface area is 144 Å². The van der Waals surface area contributed by atoms with Crippen LogP contribution in [0.2, 0.25) is 0 Å². The first kappa shape index (κ1) is 15.9. The Hall–Kier alpha value is -2.01. The number of benzene rings is 2. The number of halogens is 1. The number of amides is 1. The van der Waals surface area contributed by atoms with E-state index < -0.39 is 0 Å². The first-order valence-electron chi connectivity index (χ1n) is 7.39. The van der Waals surface area contributed by atoms with E-state index in [0.29, 0.717) is 17.1 Å². The van der Waals surface area contributed by atoms with Gasteiger partial charge in [0, 0.05) is 16.2 Å². The molecule has 3 rings (SSSR count). The van der Waals surface area contributed by atoms with Gasteiger partial charge < -0.3 is 14.4 Å². The second-order valence-corrected chi connectivity index (χ2v) is 6.45. The third-order valence-electron chi connectivity index (χ3n) is 4.12. The molecular formula is C18H18BrNO3. The highest BCUT2D eigenvalue weighted by Gasteiger charge is 2.34. The van der Waals surface area contributed by atoms with Gasteiger partial charge in [0.2, 0.25) is 0 Å². The Bertz CT molecular complexity index is 738. The summed E-state index contributed by atoms with van der Waals surface area (Å²) in [5, 5.41) is 0. The van der Waals surface area contributed by atoms with E-state index >= 15 is 0 Å². The fraction of sp³-hybridized carbons (Fsp3) is 0.278. The normalized spacial score (nSPS) is 16.2. The maximum Gasteiger partial charge on any atom is 0.266 e. The van der Waals surface area contributed by atoms with Gasteiger partial charge in [-0.2, -0.15) is 0 Å². The summed E-state index contributed by atoms with van der Waals surface area (Å²) < 4.78 is 11.8. The van der Waals surface area contributed by atoms with Gasteiger partial charge in [-0.15, -0.1) is 0 Å². The zero-order valence-corrected chi connectivity index (χ0v) is 14.9. The summed E-state index contributed by atoms with van der Waals surface area (Å²) >= 11 is 3.49. The van der Waals surface area contributed by atoms with E-state index in [4.69, 9.17) is 9.47 Å². The van der Waals surface area contributed by atoms with Gasteiger partial charge in [-0.25, -0.2) is 0 Å². The minimum absolute atomic E-state index is 0.0846. The van der Waals surface area contributed by atoms with E-state index in [0.717, 1.165) is 22.1 Å². The van der Waals surface area contributed by atoms with Crippen molar-refractivity contribution >= 4 is 27.5 Å². The summed E-state index contributed by atoms with van der Waals surface area (Å²) in [7, 11) is 3.12. The van der Waals surface area contributed by atoms with Crippen molar-refractivity contribution in [3.05, 3.63) is 52.0 Å². The molecule has 5 heteroatoms. The predicted molar refractivity (Wildman–Crippen MR) is 93.7 cm³/mol. The molecule has 2 aromatic carbocycles. The molecule has 1 amide bonds. The van der Waals surface area contributed by atoms with E-state index in [1.165, 1.54) is 0 Å². The maximum atomic E-state index is 13.2. The molecule has 1 aliphatic rings. The minimum Gasteiger partial charge on any atom is -0.496 e. The first-order chi connectivity index (χ1) is 11.1. The average molecular weight is 376 g/mol. The zero-order chi connectivity index (χ0) is 16.6. The Morgan fingerprint density at radius 2 is 1.83 bits per heavy atom. The highest BCUT2D eigenvalue weighted by atomic mass is 79.9. The minimum atomic E-state index is -0.104. The van der Waals surface area contributed by atoms with Crippen LogP contribution in [0.5, 0.6) is 11.5 Å². The lowest BCUT2D eigenvalue weighted by atomic mass is 10.1. The van der Waals surface area contributed by atoms with Crippen LogP contribution in [-0.4, -0.2) is 26.2 Å².